The van der Waals surface area contributed by atoms with Crippen molar-refractivity contribution in [2.24, 2.45) is 5.73 Å². The number of rotatable bonds is 5. The number of hydrogen-bond donors (Lipinski definition) is 3. The molecule has 0 aliphatic heterocycles. The van der Waals surface area contributed by atoms with Crippen molar-refractivity contribution in [3.63, 3.8) is 0 Å². The molecule has 1 aromatic heterocycles. The SMILES string of the molecule is CC(CC(N)=O)NS(=O)(=O)c1ccc(=O)[nH]c1. The van der Waals surface area contributed by atoms with E-state index in [9.17, 15) is 18.0 Å². The van der Waals surface area contributed by atoms with Crippen LogP contribution in [0.2, 0.25) is 0 Å². The minimum absolute atomic E-state index is 0.0755. The van der Waals surface area contributed by atoms with E-state index < -0.39 is 27.5 Å². The number of nitrogens with one attached hydrogen (secondary N) is 2. The monoisotopic (exact) mass is 259 g/mol. The number of pyridine rings is 1. The van der Waals surface area contributed by atoms with Crippen molar-refractivity contribution in [1.29, 1.82) is 0 Å². The molecule has 1 unspecified atom stereocenters. The molecule has 0 aliphatic carbocycles. The van der Waals surface area contributed by atoms with Crippen LogP contribution in [0.3, 0.4) is 0 Å². The lowest BCUT2D eigenvalue weighted by Gasteiger charge is -2.12. The second-order valence-electron chi connectivity index (χ2n) is 3.58. The minimum Gasteiger partial charge on any atom is -0.370 e. The number of carbonyl (C=O) groups excluding carboxylic acids is 1. The van der Waals surface area contributed by atoms with E-state index in [0.717, 1.165) is 12.3 Å². The van der Waals surface area contributed by atoms with Gasteiger partial charge < -0.3 is 10.7 Å². The second kappa shape index (κ2) is 5.11. The van der Waals surface area contributed by atoms with Gasteiger partial charge in [-0.2, -0.15) is 0 Å². The van der Waals surface area contributed by atoms with E-state index in [4.69, 9.17) is 5.73 Å². The van der Waals surface area contributed by atoms with Crippen LogP contribution in [0, 0.1) is 0 Å². The van der Waals surface area contributed by atoms with Gasteiger partial charge >= 0.3 is 0 Å². The number of aromatic nitrogens is 1. The minimum atomic E-state index is -3.75. The average Bonchev–Trinajstić information content (AvgIpc) is 2.15. The molecule has 17 heavy (non-hydrogen) atoms. The zero-order chi connectivity index (χ0) is 13.1. The maximum atomic E-state index is 11.8. The number of amides is 1. The molecule has 4 N–H and O–H groups in total. The highest BCUT2D eigenvalue weighted by atomic mass is 32.2. The van der Waals surface area contributed by atoms with Crippen LogP contribution in [-0.4, -0.2) is 25.4 Å². The molecule has 1 rings (SSSR count). The molecule has 0 fully saturated rings. The summed E-state index contributed by atoms with van der Waals surface area (Å²) in [6.45, 7) is 1.52. The molecule has 1 atom stereocenters. The van der Waals surface area contributed by atoms with Crippen molar-refractivity contribution in [2.75, 3.05) is 0 Å². The van der Waals surface area contributed by atoms with Crippen LogP contribution in [0.5, 0.6) is 0 Å². The van der Waals surface area contributed by atoms with E-state index in [-0.39, 0.29) is 11.3 Å². The first-order valence-corrected chi connectivity index (χ1v) is 6.29. The molecule has 1 aromatic rings. The molecule has 0 spiro atoms. The van der Waals surface area contributed by atoms with Crippen molar-refractivity contribution >= 4 is 15.9 Å². The van der Waals surface area contributed by atoms with Gasteiger partial charge in [-0.15, -0.1) is 0 Å². The predicted octanol–water partition coefficient (Wildman–Crippen LogP) is -1.08. The van der Waals surface area contributed by atoms with Crippen LogP contribution in [0.4, 0.5) is 0 Å². The maximum absolute atomic E-state index is 11.8. The van der Waals surface area contributed by atoms with Crippen LogP contribution in [0.15, 0.2) is 28.0 Å². The van der Waals surface area contributed by atoms with E-state index in [1.807, 2.05) is 0 Å². The first kappa shape index (κ1) is 13.4. The summed E-state index contributed by atoms with van der Waals surface area (Å²) in [6.07, 6.45) is 0.990. The van der Waals surface area contributed by atoms with E-state index in [1.54, 1.807) is 0 Å². The van der Waals surface area contributed by atoms with Crippen molar-refractivity contribution in [2.45, 2.75) is 24.3 Å². The van der Waals surface area contributed by atoms with Gasteiger partial charge in [-0.25, -0.2) is 13.1 Å². The van der Waals surface area contributed by atoms with Gasteiger partial charge in [0.15, 0.2) is 0 Å². The quantitative estimate of drug-likeness (QED) is 0.622. The fourth-order valence-electron chi connectivity index (χ4n) is 1.24. The molecule has 0 radical (unpaired) electrons. The van der Waals surface area contributed by atoms with Crippen molar-refractivity contribution < 1.29 is 13.2 Å². The number of primary amides is 1. The van der Waals surface area contributed by atoms with E-state index in [0.29, 0.717) is 0 Å². The van der Waals surface area contributed by atoms with Crippen molar-refractivity contribution in [3.8, 4) is 0 Å². The van der Waals surface area contributed by atoms with Gasteiger partial charge in [0.2, 0.25) is 21.5 Å². The number of sulfonamides is 1. The zero-order valence-corrected chi connectivity index (χ0v) is 9.95. The third-order valence-corrected chi connectivity index (χ3v) is 3.52. The second-order valence-corrected chi connectivity index (χ2v) is 5.30. The fraction of sp³-hybridized carbons (Fsp3) is 0.333. The molecule has 7 nitrogen and oxygen atoms in total. The van der Waals surface area contributed by atoms with Crippen LogP contribution in [0.1, 0.15) is 13.3 Å². The number of carbonyl (C=O) groups is 1. The largest absolute Gasteiger partial charge is 0.370 e. The van der Waals surface area contributed by atoms with Gasteiger partial charge in [0, 0.05) is 24.7 Å². The molecule has 0 aromatic carbocycles. The van der Waals surface area contributed by atoms with E-state index >= 15 is 0 Å². The number of aromatic amines is 1. The Hall–Kier alpha value is -1.67. The number of hydrogen-bond acceptors (Lipinski definition) is 4. The predicted molar refractivity (Wildman–Crippen MR) is 60.7 cm³/mol. The lowest BCUT2D eigenvalue weighted by atomic mass is 10.2. The third kappa shape index (κ3) is 4.00. The summed E-state index contributed by atoms with van der Waals surface area (Å²) >= 11 is 0. The normalized spacial score (nSPS) is 13.2. The Balaban J connectivity index is 2.85. The molecule has 1 amide bonds. The Morgan fingerprint density at radius 3 is 2.65 bits per heavy atom. The van der Waals surface area contributed by atoms with Crippen molar-refractivity contribution in [3.05, 3.63) is 28.7 Å². The summed E-state index contributed by atoms with van der Waals surface area (Å²) < 4.78 is 25.8. The third-order valence-electron chi connectivity index (χ3n) is 1.93. The number of H-pyrrole nitrogens is 1. The van der Waals surface area contributed by atoms with Gasteiger partial charge in [0.05, 0.1) is 4.90 Å². The Morgan fingerprint density at radius 1 is 1.53 bits per heavy atom. The molecule has 0 bridgehead atoms. The highest BCUT2D eigenvalue weighted by Crippen LogP contribution is 2.06. The highest BCUT2D eigenvalue weighted by Gasteiger charge is 2.18. The first-order chi connectivity index (χ1) is 7.81. The average molecular weight is 259 g/mol. The molecule has 0 saturated heterocycles. The smallest absolute Gasteiger partial charge is 0.247 e. The number of nitrogens with two attached hydrogens (primary N) is 1. The lowest BCUT2D eigenvalue weighted by Crippen LogP contribution is -2.35. The van der Waals surface area contributed by atoms with Gasteiger partial charge in [-0.1, -0.05) is 0 Å². The molecule has 1 heterocycles. The van der Waals surface area contributed by atoms with Crippen LogP contribution in [0.25, 0.3) is 0 Å². The molecule has 0 saturated carbocycles. The first-order valence-electron chi connectivity index (χ1n) is 4.80. The molecular weight excluding hydrogens is 246 g/mol. The summed E-state index contributed by atoms with van der Waals surface area (Å²) in [5, 5.41) is 0. The molecule has 0 aliphatic rings. The lowest BCUT2D eigenvalue weighted by molar-refractivity contribution is -0.118. The zero-order valence-electron chi connectivity index (χ0n) is 9.14. The summed E-state index contributed by atoms with van der Waals surface area (Å²) in [5.74, 6) is -0.596. The van der Waals surface area contributed by atoms with Crippen LogP contribution >= 0.6 is 0 Å². The van der Waals surface area contributed by atoms with Gasteiger partial charge in [-0.05, 0) is 13.0 Å². The maximum Gasteiger partial charge on any atom is 0.247 e. The van der Waals surface area contributed by atoms with Gasteiger partial charge in [0.1, 0.15) is 0 Å². The highest BCUT2D eigenvalue weighted by molar-refractivity contribution is 7.89. The van der Waals surface area contributed by atoms with E-state index in [1.165, 1.54) is 13.0 Å². The summed E-state index contributed by atoms with van der Waals surface area (Å²) in [7, 11) is -3.75. The summed E-state index contributed by atoms with van der Waals surface area (Å²) in [4.78, 5) is 23.6. The van der Waals surface area contributed by atoms with Crippen LogP contribution in [-0.2, 0) is 14.8 Å². The van der Waals surface area contributed by atoms with E-state index in [2.05, 4.69) is 9.71 Å². The summed E-state index contributed by atoms with van der Waals surface area (Å²) in [6, 6.07) is 1.68. The van der Waals surface area contributed by atoms with Gasteiger partial charge in [0.25, 0.3) is 0 Å². The van der Waals surface area contributed by atoms with Crippen LogP contribution < -0.4 is 16.0 Å². The Labute approximate surface area is 98.1 Å². The summed E-state index contributed by atoms with van der Waals surface area (Å²) in [5.41, 5.74) is 4.56. The topological polar surface area (TPSA) is 122 Å². The Morgan fingerprint density at radius 2 is 2.18 bits per heavy atom. The molecular formula is C9H13N3O4S. The van der Waals surface area contributed by atoms with Crippen molar-refractivity contribution in [1.82, 2.24) is 9.71 Å². The Kier molecular flexibility index (Phi) is 4.02. The molecule has 8 heteroatoms. The Bertz CT molecular complexity index is 543. The van der Waals surface area contributed by atoms with Gasteiger partial charge in [-0.3, -0.25) is 9.59 Å². The standard InChI is InChI=1S/C9H13N3O4S/c1-6(4-8(10)13)12-17(15,16)7-2-3-9(14)11-5-7/h2-3,5-6,12H,4H2,1H3,(H2,10,13)(H,11,14). The molecule has 94 valence electrons. The fourth-order valence-corrected chi connectivity index (χ4v) is 2.45.